The number of carbonyl (C=O) groups excluding carboxylic acids is 1. The van der Waals surface area contributed by atoms with E-state index in [9.17, 15) is 9.35 Å². The Hall–Kier alpha value is -2.41. The fourth-order valence-corrected chi connectivity index (χ4v) is 3.35. The number of aromatic nitrogens is 1. The number of carbonyl (C=O) groups is 1. The highest BCUT2D eigenvalue weighted by Crippen LogP contribution is 2.31. The Morgan fingerprint density at radius 3 is 2.48 bits per heavy atom. The Kier molecular flexibility index (Phi) is 6.27. The molecule has 0 aliphatic rings. The van der Waals surface area contributed by atoms with Crippen LogP contribution >= 0.6 is 11.6 Å². The van der Waals surface area contributed by atoms with Crippen LogP contribution in [0.4, 0.5) is 0 Å². The van der Waals surface area contributed by atoms with Gasteiger partial charge in [0.25, 0.3) is 0 Å². The topological polar surface area (TPSA) is 78.5 Å². The number of ketones is 1. The molecule has 0 aliphatic heterocycles. The van der Waals surface area contributed by atoms with Crippen LogP contribution in [0.3, 0.4) is 0 Å². The van der Waals surface area contributed by atoms with Gasteiger partial charge >= 0.3 is 0 Å². The molecule has 0 unspecified atom stereocenters. The van der Waals surface area contributed by atoms with Crippen LogP contribution in [0.15, 0.2) is 57.5 Å². The summed E-state index contributed by atoms with van der Waals surface area (Å²) < 4.78 is 21.3. The van der Waals surface area contributed by atoms with E-state index in [1.165, 1.54) is 6.21 Å². The molecule has 3 rings (SSSR count). The van der Waals surface area contributed by atoms with Crippen molar-refractivity contribution in [2.45, 2.75) is 32.4 Å². The van der Waals surface area contributed by atoms with Crippen molar-refractivity contribution in [3.8, 4) is 11.1 Å². The zero-order valence-electron chi connectivity index (χ0n) is 16.6. The van der Waals surface area contributed by atoms with Gasteiger partial charge in [0.15, 0.2) is 11.5 Å². The second-order valence-corrected chi connectivity index (χ2v) is 9.86. The minimum absolute atomic E-state index is 0.140. The molecule has 0 spiro atoms. The minimum Gasteiger partial charge on any atom is -0.591 e. The zero-order chi connectivity index (χ0) is 21.2. The van der Waals surface area contributed by atoms with E-state index in [0.717, 1.165) is 0 Å². The van der Waals surface area contributed by atoms with Gasteiger partial charge in [-0.05, 0) is 57.5 Å². The van der Waals surface area contributed by atoms with Crippen molar-refractivity contribution in [3.63, 3.8) is 0 Å². The van der Waals surface area contributed by atoms with Crippen LogP contribution < -0.4 is 0 Å². The number of halogens is 1. The molecule has 29 heavy (non-hydrogen) atoms. The van der Waals surface area contributed by atoms with Crippen LogP contribution in [-0.2, 0) is 11.4 Å². The summed E-state index contributed by atoms with van der Waals surface area (Å²) in [5.41, 5.74) is 2.98. The third-order valence-electron chi connectivity index (χ3n) is 4.23. The summed E-state index contributed by atoms with van der Waals surface area (Å²) in [7, 11) is 0. The maximum Gasteiger partial charge on any atom is 0.193 e. The molecule has 2 aromatic carbocycles. The highest BCUT2D eigenvalue weighted by Gasteiger charge is 2.27. The van der Waals surface area contributed by atoms with Crippen molar-refractivity contribution >= 4 is 35.0 Å². The van der Waals surface area contributed by atoms with E-state index in [-0.39, 0.29) is 5.78 Å². The first-order valence-corrected chi connectivity index (χ1v) is 10.5. The first-order valence-electron chi connectivity index (χ1n) is 9.00. The SMILES string of the molecule is Cc1noc(/C=N/[S@@+]([O-])C(C)(C)C)c1-c1ccccc1C(=O)c1ccc(Cl)cc1. The van der Waals surface area contributed by atoms with Gasteiger partial charge in [0, 0.05) is 16.1 Å². The lowest BCUT2D eigenvalue weighted by atomic mass is 9.93. The Morgan fingerprint density at radius 2 is 1.83 bits per heavy atom. The number of hydrogen-bond acceptors (Lipinski definition) is 5. The lowest BCUT2D eigenvalue weighted by Gasteiger charge is -2.17. The van der Waals surface area contributed by atoms with Gasteiger partial charge in [-0.3, -0.25) is 4.79 Å². The quantitative estimate of drug-likeness (QED) is 0.309. The van der Waals surface area contributed by atoms with Gasteiger partial charge in [-0.1, -0.05) is 45.4 Å². The molecule has 0 aliphatic carbocycles. The summed E-state index contributed by atoms with van der Waals surface area (Å²) in [6, 6.07) is 14.0. The molecule has 150 valence electrons. The lowest BCUT2D eigenvalue weighted by molar-refractivity contribution is 0.103. The maximum absolute atomic E-state index is 13.1. The number of benzene rings is 2. The smallest absolute Gasteiger partial charge is 0.193 e. The van der Waals surface area contributed by atoms with Crippen molar-refractivity contribution in [3.05, 3.63) is 76.1 Å². The molecule has 1 atom stereocenters. The fourth-order valence-electron chi connectivity index (χ4n) is 2.71. The summed E-state index contributed by atoms with van der Waals surface area (Å²) in [5.74, 6) is 0.218. The molecule has 0 saturated heterocycles. The van der Waals surface area contributed by atoms with Crippen LogP contribution in [0.2, 0.25) is 5.02 Å². The maximum atomic E-state index is 13.1. The normalized spacial score (nSPS) is 13.0. The molecule has 0 bridgehead atoms. The molecule has 5 nitrogen and oxygen atoms in total. The van der Waals surface area contributed by atoms with Crippen molar-refractivity contribution in [2.75, 3.05) is 0 Å². The highest BCUT2D eigenvalue weighted by atomic mass is 35.5. The lowest BCUT2D eigenvalue weighted by Crippen LogP contribution is -2.25. The van der Waals surface area contributed by atoms with Crippen LogP contribution in [0.5, 0.6) is 0 Å². The summed E-state index contributed by atoms with van der Waals surface area (Å²) in [6.07, 6.45) is 1.42. The zero-order valence-corrected chi connectivity index (χ0v) is 18.2. The predicted octanol–water partition coefficient (Wildman–Crippen LogP) is 5.42. The Labute approximate surface area is 178 Å². The van der Waals surface area contributed by atoms with Crippen molar-refractivity contribution < 1.29 is 13.9 Å². The molecule has 0 saturated carbocycles. The van der Waals surface area contributed by atoms with Gasteiger partial charge in [0.05, 0.1) is 11.3 Å². The molecule has 3 aromatic rings. The van der Waals surface area contributed by atoms with Gasteiger partial charge < -0.3 is 9.08 Å². The van der Waals surface area contributed by atoms with E-state index in [1.807, 2.05) is 32.9 Å². The second kappa shape index (κ2) is 8.53. The summed E-state index contributed by atoms with van der Waals surface area (Å²) >= 11 is 4.50. The third-order valence-corrected chi connectivity index (χ3v) is 5.82. The van der Waals surface area contributed by atoms with Crippen LogP contribution in [0.25, 0.3) is 11.1 Å². The standard InChI is InChI=1S/C22H21ClN2O3S/c1-14-20(19(28-25-14)13-24-29(27)22(2,3)4)17-7-5-6-8-18(17)21(26)15-9-11-16(23)12-10-15/h5-13H,1-4H3/b24-13+/t29-/m0/s1. The highest BCUT2D eigenvalue weighted by molar-refractivity contribution is 7.91. The molecule has 0 fully saturated rings. The Morgan fingerprint density at radius 1 is 1.17 bits per heavy atom. The molecular formula is C22H21ClN2O3S. The number of hydrogen-bond donors (Lipinski definition) is 0. The monoisotopic (exact) mass is 428 g/mol. The van der Waals surface area contributed by atoms with Crippen LogP contribution in [0, 0.1) is 6.92 Å². The first kappa shape index (κ1) is 21.3. The van der Waals surface area contributed by atoms with Gasteiger partial charge in [0.1, 0.15) is 22.3 Å². The fraction of sp³-hybridized carbons (Fsp3) is 0.227. The molecule has 1 heterocycles. The molecule has 0 radical (unpaired) electrons. The van der Waals surface area contributed by atoms with E-state index < -0.39 is 16.1 Å². The summed E-state index contributed by atoms with van der Waals surface area (Å²) in [6.45, 7) is 7.31. The van der Waals surface area contributed by atoms with Gasteiger partial charge in [-0.2, -0.15) is 0 Å². The van der Waals surface area contributed by atoms with Crippen LogP contribution in [-0.4, -0.2) is 26.5 Å². The third kappa shape index (κ3) is 4.78. The molecular weight excluding hydrogens is 408 g/mol. The second-order valence-electron chi connectivity index (χ2n) is 7.48. The molecule has 0 amide bonds. The van der Waals surface area contributed by atoms with E-state index >= 15 is 0 Å². The molecule has 0 N–H and O–H groups in total. The number of rotatable bonds is 5. The van der Waals surface area contributed by atoms with Crippen LogP contribution in [0.1, 0.15) is 48.1 Å². The molecule has 1 aromatic heterocycles. The van der Waals surface area contributed by atoms with E-state index in [1.54, 1.807) is 43.3 Å². The summed E-state index contributed by atoms with van der Waals surface area (Å²) in [5, 5.41) is 4.59. The van der Waals surface area contributed by atoms with Gasteiger partial charge in [0.2, 0.25) is 0 Å². The number of nitrogens with zero attached hydrogens (tertiary/aromatic N) is 2. The largest absolute Gasteiger partial charge is 0.591 e. The average Bonchev–Trinajstić information content (AvgIpc) is 3.05. The van der Waals surface area contributed by atoms with E-state index in [0.29, 0.717) is 38.7 Å². The van der Waals surface area contributed by atoms with E-state index in [4.69, 9.17) is 16.1 Å². The predicted molar refractivity (Wildman–Crippen MR) is 117 cm³/mol. The Balaban J connectivity index is 2.05. The minimum atomic E-state index is -1.44. The van der Waals surface area contributed by atoms with Crippen molar-refractivity contribution in [1.82, 2.24) is 5.16 Å². The van der Waals surface area contributed by atoms with E-state index in [2.05, 4.69) is 9.55 Å². The van der Waals surface area contributed by atoms with Gasteiger partial charge in [-0.25, -0.2) is 0 Å². The van der Waals surface area contributed by atoms with Crippen molar-refractivity contribution in [1.29, 1.82) is 0 Å². The molecule has 7 heteroatoms. The average molecular weight is 429 g/mol. The summed E-state index contributed by atoms with van der Waals surface area (Å²) in [4.78, 5) is 13.1. The Bertz CT molecular complexity index is 1050. The van der Waals surface area contributed by atoms with Crippen molar-refractivity contribution in [2.24, 2.45) is 4.40 Å². The van der Waals surface area contributed by atoms with Gasteiger partial charge in [-0.15, -0.1) is 0 Å². The number of aryl methyl sites for hydroxylation is 1. The first-order chi connectivity index (χ1) is 13.7.